The Morgan fingerprint density at radius 3 is 2.75 bits per heavy atom. The van der Waals surface area contributed by atoms with E-state index in [9.17, 15) is 0 Å². The maximum atomic E-state index is 4.68. The van der Waals surface area contributed by atoms with E-state index in [4.69, 9.17) is 0 Å². The summed E-state index contributed by atoms with van der Waals surface area (Å²) >= 11 is 0. The first-order valence-electron chi connectivity index (χ1n) is 5.74. The van der Waals surface area contributed by atoms with Gasteiger partial charge in [-0.15, -0.1) is 0 Å². The van der Waals surface area contributed by atoms with Crippen molar-refractivity contribution in [2.75, 3.05) is 0 Å². The van der Waals surface area contributed by atoms with Gasteiger partial charge in [-0.05, 0) is 18.6 Å². The predicted octanol–water partition coefficient (Wildman–Crippen LogP) is 2.38. The van der Waals surface area contributed by atoms with Crippen molar-refractivity contribution in [2.45, 2.75) is 33.4 Å². The normalized spacial score (nSPS) is 11.6. The van der Waals surface area contributed by atoms with Crippen molar-refractivity contribution in [1.29, 1.82) is 0 Å². The predicted molar refractivity (Wildman–Crippen MR) is 67.4 cm³/mol. The first-order chi connectivity index (χ1) is 7.59. The number of benzene rings is 1. The summed E-state index contributed by atoms with van der Waals surface area (Å²) in [5, 5.41) is 3.40. The molecule has 2 rings (SSSR count). The van der Waals surface area contributed by atoms with E-state index in [-0.39, 0.29) is 0 Å². The van der Waals surface area contributed by atoms with Crippen LogP contribution < -0.4 is 5.32 Å². The average Bonchev–Trinajstić information content (AvgIpc) is 2.55. The maximum Gasteiger partial charge on any atom is 0.123 e. The summed E-state index contributed by atoms with van der Waals surface area (Å²) in [6, 6.07) is 6.79. The number of aromatic nitrogens is 2. The van der Waals surface area contributed by atoms with Crippen molar-refractivity contribution >= 4 is 11.0 Å². The molecule has 1 heterocycles. The lowest BCUT2D eigenvalue weighted by Crippen LogP contribution is -2.23. The van der Waals surface area contributed by atoms with Crippen LogP contribution in [0.15, 0.2) is 18.2 Å². The number of hydrogen-bond donors (Lipinski definition) is 1. The van der Waals surface area contributed by atoms with Crippen LogP contribution in [0, 0.1) is 6.92 Å². The van der Waals surface area contributed by atoms with E-state index in [0.717, 1.165) is 17.9 Å². The lowest BCUT2D eigenvalue weighted by Gasteiger charge is -2.07. The smallest absolute Gasteiger partial charge is 0.123 e. The zero-order chi connectivity index (χ0) is 11.7. The molecule has 0 amide bonds. The highest BCUT2D eigenvalue weighted by Gasteiger charge is 2.08. The quantitative estimate of drug-likeness (QED) is 0.855. The van der Waals surface area contributed by atoms with Crippen molar-refractivity contribution in [3.63, 3.8) is 0 Å². The van der Waals surface area contributed by atoms with Gasteiger partial charge < -0.3 is 9.88 Å². The lowest BCUT2D eigenvalue weighted by atomic mass is 10.2. The summed E-state index contributed by atoms with van der Waals surface area (Å²) in [6.45, 7) is 7.22. The first kappa shape index (κ1) is 11.1. The SMILES string of the molecule is Cc1cccc2c1nc(CNC(C)C)n2C. The molecule has 0 atom stereocenters. The van der Waals surface area contributed by atoms with E-state index < -0.39 is 0 Å². The van der Waals surface area contributed by atoms with Gasteiger partial charge in [0.15, 0.2) is 0 Å². The largest absolute Gasteiger partial charge is 0.330 e. The number of nitrogens with one attached hydrogen (secondary N) is 1. The zero-order valence-electron chi connectivity index (χ0n) is 10.4. The van der Waals surface area contributed by atoms with Gasteiger partial charge in [-0.2, -0.15) is 0 Å². The second-order valence-corrected chi connectivity index (χ2v) is 4.57. The Hall–Kier alpha value is -1.35. The third kappa shape index (κ3) is 1.95. The monoisotopic (exact) mass is 217 g/mol. The number of rotatable bonds is 3. The van der Waals surface area contributed by atoms with Crippen LogP contribution >= 0.6 is 0 Å². The van der Waals surface area contributed by atoms with Gasteiger partial charge in [0.05, 0.1) is 17.6 Å². The summed E-state index contributed by atoms with van der Waals surface area (Å²) in [5.41, 5.74) is 3.56. The highest BCUT2D eigenvalue weighted by Crippen LogP contribution is 2.18. The third-order valence-electron chi connectivity index (χ3n) is 2.87. The van der Waals surface area contributed by atoms with Crippen LogP contribution in [-0.4, -0.2) is 15.6 Å². The molecule has 0 aliphatic heterocycles. The van der Waals surface area contributed by atoms with Gasteiger partial charge in [0.1, 0.15) is 5.82 Å². The molecular weight excluding hydrogens is 198 g/mol. The molecule has 3 nitrogen and oxygen atoms in total. The Labute approximate surface area is 96.5 Å². The van der Waals surface area contributed by atoms with E-state index in [1.807, 2.05) is 0 Å². The van der Waals surface area contributed by atoms with Crippen LogP contribution in [0.5, 0.6) is 0 Å². The van der Waals surface area contributed by atoms with Crippen LogP contribution in [0.1, 0.15) is 25.2 Å². The second kappa shape index (κ2) is 4.26. The summed E-state index contributed by atoms with van der Waals surface area (Å²) in [7, 11) is 2.08. The minimum absolute atomic E-state index is 0.487. The van der Waals surface area contributed by atoms with Crippen molar-refractivity contribution in [3.8, 4) is 0 Å². The summed E-state index contributed by atoms with van der Waals surface area (Å²) < 4.78 is 2.16. The summed E-state index contributed by atoms with van der Waals surface area (Å²) in [5.74, 6) is 1.10. The molecule has 1 aromatic heterocycles. The second-order valence-electron chi connectivity index (χ2n) is 4.57. The minimum atomic E-state index is 0.487. The molecular formula is C13H19N3. The van der Waals surface area contributed by atoms with Crippen molar-refractivity contribution < 1.29 is 0 Å². The molecule has 0 saturated carbocycles. The Kier molecular flexibility index (Phi) is 2.97. The number of aryl methyl sites for hydroxylation is 2. The van der Waals surface area contributed by atoms with Gasteiger partial charge in [0.2, 0.25) is 0 Å². The van der Waals surface area contributed by atoms with Crippen LogP contribution in [-0.2, 0) is 13.6 Å². The van der Waals surface area contributed by atoms with Gasteiger partial charge >= 0.3 is 0 Å². The highest BCUT2D eigenvalue weighted by molar-refractivity contribution is 5.79. The van der Waals surface area contributed by atoms with Gasteiger partial charge in [-0.25, -0.2) is 4.98 Å². The summed E-state index contributed by atoms with van der Waals surface area (Å²) in [6.07, 6.45) is 0. The molecule has 0 bridgehead atoms. The molecule has 0 unspecified atom stereocenters. The molecule has 0 fully saturated rings. The number of imidazole rings is 1. The van der Waals surface area contributed by atoms with Crippen LogP contribution in [0.25, 0.3) is 11.0 Å². The number of hydrogen-bond acceptors (Lipinski definition) is 2. The number of nitrogens with zero attached hydrogens (tertiary/aromatic N) is 2. The number of para-hydroxylation sites is 1. The van der Waals surface area contributed by atoms with Crippen LogP contribution in [0.2, 0.25) is 0 Å². The Bertz CT molecular complexity index is 497. The highest BCUT2D eigenvalue weighted by atomic mass is 15.1. The fourth-order valence-corrected chi connectivity index (χ4v) is 1.86. The average molecular weight is 217 g/mol. The fraction of sp³-hybridized carbons (Fsp3) is 0.462. The standard InChI is InChI=1S/C13H19N3/c1-9(2)14-8-12-15-13-10(3)6-5-7-11(13)16(12)4/h5-7,9,14H,8H2,1-4H3. The molecule has 0 spiro atoms. The van der Waals surface area contributed by atoms with E-state index in [1.165, 1.54) is 11.1 Å². The van der Waals surface area contributed by atoms with Crippen LogP contribution in [0.3, 0.4) is 0 Å². The first-order valence-corrected chi connectivity index (χ1v) is 5.74. The van der Waals surface area contributed by atoms with Gasteiger partial charge in [0.25, 0.3) is 0 Å². The zero-order valence-corrected chi connectivity index (χ0v) is 10.4. The molecule has 0 saturated heterocycles. The molecule has 1 aromatic carbocycles. The maximum absolute atomic E-state index is 4.68. The van der Waals surface area contributed by atoms with Gasteiger partial charge in [-0.3, -0.25) is 0 Å². The fourth-order valence-electron chi connectivity index (χ4n) is 1.86. The van der Waals surface area contributed by atoms with E-state index in [0.29, 0.717) is 6.04 Å². The Morgan fingerprint density at radius 1 is 1.38 bits per heavy atom. The van der Waals surface area contributed by atoms with E-state index in [1.54, 1.807) is 0 Å². The van der Waals surface area contributed by atoms with Crippen molar-refractivity contribution in [2.24, 2.45) is 7.05 Å². The van der Waals surface area contributed by atoms with Gasteiger partial charge in [0, 0.05) is 13.1 Å². The van der Waals surface area contributed by atoms with Crippen molar-refractivity contribution in [3.05, 3.63) is 29.6 Å². The Balaban J connectivity index is 2.40. The van der Waals surface area contributed by atoms with Gasteiger partial charge in [-0.1, -0.05) is 26.0 Å². The molecule has 86 valence electrons. The molecule has 2 aromatic rings. The van der Waals surface area contributed by atoms with E-state index >= 15 is 0 Å². The molecule has 0 aliphatic rings. The molecule has 0 aliphatic carbocycles. The third-order valence-corrected chi connectivity index (χ3v) is 2.87. The molecule has 3 heteroatoms. The Morgan fingerprint density at radius 2 is 2.12 bits per heavy atom. The topological polar surface area (TPSA) is 29.9 Å². The van der Waals surface area contributed by atoms with Crippen LogP contribution in [0.4, 0.5) is 0 Å². The van der Waals surface area contributed by atoms with E-state index in [2.05, 4.69) is 60.9 Å². The molecule has 16 heavy (non-hydrogen) atoms. The minimum Gasteiger partial charge on any atom is -0.330 e. The molecule has 0 radical (unpaired) electrons. The number of fused-ring (bicyclic) bond motifs is 1. The molecule has 1 N–H and O–H groups in total. The lowest BCUT2D eigenvalue weighted by molar-refractivity contribution is 0.563. The summed E-state index contributed by atoms with van der Waals surface area (Å²) in [4.78, 5) is 4.68. The van der Waals surface area contributed by atoms with Crippen molar-refractivity contribution in [1.82, 2.24) is 14.9 Å².